The number of benzene rings is 2. The first-order chi connectivity index (χ1) is 16.3. The molecule has 0 radical (unpaired) electrons. The number of imidazole rings is 1. The molecule has 0 atom stereocenters. The van der Waals surface area contributed by atoms with Gasteiger partial charge in [-0.1, -0.05) is 39.2 Å². The van der Waals surface area contributed by atoms with E-state index in [1.54, 1.807) is 32.5 Å². The lowest BCUT2D eigenvalue weighted by Crippen LogP contribution is -2.37. The molecule has 1 amide bonds. The highest BCUT2D eigenvalue weighted by Crippen LogP contribution is 2.38. The van der Waals surface area contributed by atoms with Gasteiger partial charge < -0.3 is 14.8 Å². The van der Waals surface area contributed by atoms with Crippen molar-refractivity contribution in [2.75, 3.05) is 14.2 Å². The smallest absolute Gasteiger partial charge is 0.287 e. The summed E-state index contributed by atoms with van der Waals surface area (Å²) in [5, 5.41) is 3.16. The highest BCUT2D eigenvalue weighted by molar-refractivity contribution is 5.92. The largest absolute Gasteiger partial charge is 0.493 e. The van der Waals surface area contributed by atoms with Gasteiger partial charge in [-0.3, -0.25) is 9.36 Å². The Labute approximate surface area is 200 Å². The van der Waals surface area contributed by atoms with E-state index in [9.17, 15) is 9.18 Å². The molecular formula is C27H32FN3O3. The first-order valence-corrected chi connectivity index (χ1v) is 11.7. The van der Waals surface area contributed by atoms with Crippen LogP contribution in [0.5, 0.6) is 11.5 Å². The molecule has 0 bridgehead atoms. The van der Waals surface area contributed by atoms with Crippen LogP contribution in [0, 0.1) is 5.82 Å². The summed E-state index contributed by atoms with van der Waals surface area (Å²) in [6.45, 7) is 4.13. The fourth-order valence-corrected chi connectivity index (χ4v) is 4.67. The summed E-state index contributed by atoms with van der Waals surface area (Å²) in [5.74, 6) is 1.00. The predicted molar refractivity (Wildman–Crippen MR) is 130 cm³/mol. The minimum Gasteiger partial charge on any atom is -0.493 e. The van der Waals surface area contributed by atoms with E-state index in [0.717, 1.165) is 36.9 Å². The van der Waals surface area contributed by atoms with Crippen LogP contribution < -0.4 is 14.8 Å². The van der Waals surface area contributed by atoms with Gasteiger partial charge in [0.05, 0.1) is 26.1 Å². The number of nitrogens with zero attached hydrogens (tertiary/aromatic N) is 2. The molecule has 1 aromatic heterocycles. The summed E-state index contributed by atoms with van der Waals surface area (Å²) >= 11 is 0. The molecule has 1 fully saturated rings. The number of carbonyl (C=O) groups excluding carboxylic acids is 1. The lowest BCUT2D eigenvalue weighted by molar-refractivity contribution is 0.0915. The molecule has 1 aliphatic rings. The Morgan fingerprint density at radius 2 is 1.71 bits per heavy atom. The molecule has 34 heavy (non-hydrogen) atoms. The molecule has 0 spiro atoms. The summed E-state index contributed by atoms with van der Waals surface area (Å²) in [6, 6.07) is 12.1. The molecule has 1 saturated carbocycles. The number of aromatic nitrogens is 2. The zero-order valence-electron chi connectivity index (χ0n) is 20.2. The Bertz CT molecular complexity index is 1150. The molecule has 0 saturated heterocycles. The summed E-state index contributed by atoms with van der Waals surface area (Å²) in [6.07, 6.45) is 7.14. The standard InChI is InChI=1S/C27H32FN3O3/c1-27(2,18-10-15-22(33-3)23(16-18)34-4)24-17-29-25(26(32)30-20-8-6-5-7-9-20)31(24)21-13-11-19(28)12-14-21/h10-17,20H,5-9H2,1-4H3,(H,30,32). The van der Waals surface area contributed by atoms with E-state index in [2.05, 4.69) is 24.1 Å². The number of methoxy groups -OCH3 is 2. The van der Waals surface area contributed by atoms with E-state index in [0.29, 0.717) is 23.0 Å². The van der Waals surface area contributed by atoms with E-state index < -0.39 is 5.41 Å². The maximum atomic E-state index is 13.7. The minimum absolute atomic E-state index is 0.155. The van der Waals surface area contributed by atoms with E-state index in [1.165, 1.54) is 18.6 Å². The van der Waals surface area contributed by atoms with Crippen molar-refractivity contribution < 1.29 is 18.7 Å². The Morgan fingerprint density at radius 1 is 1.03 bits per heavy atom. The number of amides is 1. The van der Waals surface area contributed by atoms with Gasteiger partial charge in [0.2, 0.25) is 5.82 Å². The molecule has 6 nitrogen and oxygen atoms in total. The molecule has 2 aromatic carbocycles. The molecule has 1 N–H and O–H groups in total. The molecule has 1 aliphatic carbocycles. The van der Waals surface area contributed by atoms with Crippen molar-refractivity contribution in [3.8, 4) is 17.2 Å². The van der Waals surface area contributed by atoms with E-state index >= 15 is 0 Å². The number of halogens is 1. The van der Waals surface area contributed by atoms with Crippen LogP contribution in [0.15, 0.2) is 48.7 Å². The maximum Gasteiger partial charge on any atom is 0.287 e. The SMILES string of the molecule is COc1ccc(C(C)(C)c2cnc(C(=O)NC3CCCCC3)n2-c2ccc(F)cc2)cc1OC. The predicted octanol–water partition coefficient (Wildman–Crippen LogP) is 5.42. The molecule has 1 heterocycles. The van der Waals surface area contributed by atoms with Crippen molar-refractivity contribution in [1.82, 2.24) is 14.9 Å². The topological polar surface area (TPSA) is 65.4 Å². The quantitative estimate of drug-likeness (QED) is 0.506. The fourth-order valence-electron chi connectivity index (χ4n) is 4.67. The monoisotopic (exact) mass is 465 g/mol. The number of ether oxygens (including phenoxy) is 2. The highest BCUT2D eigenvalue weighted by Gasteiger charge is 2.32. The third-order valence-corrected chi connectivity index (χ3v) is 6.74. The third kappa shape index (κ3) is 4.65. The number of nitrogens with one attached hydrogen (secondary N) is 1. The van der Waals surface area contributed by atoms with Gasteiger partial charge >= 0.3 is 0 Å². The van der Waals surface area contributed by atoms with Crippen molar-refractivity contribution in [3.63, 3.8) is 0 Å². The molecule has 180 valence electrons. The number of rotatable bonds is 7. The summed E-state index contributed by atoms with van der Waals surface area (Å²) in [4.78, 5) is 17.9. The van der Waals surface area contributed by atoms with Crippen LogP contribution in [0.2, 0.25) is 0 Å². The second kappa shape index (κ2) is 9.87. The first kappa shape index (κ1) is 23.8. The zero-order chi connectivity index (χ0) is 24.3. The summed E-state index contributed by atoms with van der Waals surface area (Å²) in [7, 11) is 3.20. The first-order valence-electron chi connectivity index (χ1n) is 11.7. The van der Waals surface area contributed by atoms with Crippen LogP contribution >= 0.6 is 0 Å². The van der Waals surface area contributed by atoms with Crippen molar-refractivity contribution in [2.45, 2.75) is 57.4 Å². The van der Waals surface area contributed by atoms with Crippen molar-refractivity contribution in [2.24, 2.45) is 0 Å². The van der Waals surface area contributed by atoms with Crippen LogP contribution in [0.25, 0.3) is 5.69 Å². The van der Waals surface area contributed by atoms with Crippen LogP contribution in [-0.4, -0.2) is 35.7 Å². The minimum atomic E-state index is -0.551. The highest BCUT2D eigenvalue weighted by atomic mass is 19.1. The molecule has 0 unspecified atom stereocenters. The van der Waals surface area contributed by atoms with Gasteiger partial charge in [-0.25, -0.2) is 9.37 Å². The average Bonchev–Trinajstić information content (AvgIpc) is 3.31. The Hall–Kier alpha value is -3.35. The van der Waals surface area contributed by atoms with Crippen LogP contribution in [0.1, 0.15) is 67.8 Å². The van der Waals surface area contributed by atoms with E-state index in [-0.39, 0.29) is 17.8 Å². The molecular weight excluding hydrogens is 433 g/mol. The molecule has 3 aromatic rings. The van der Waals surface area contributed by atoms with Gasteiger partial charge in [0.15, 0.2) is 11.5 Å². The molecule has 7 heteroatoms. The average molecular weight is 466 g/mol. The summed E-state index contributed by atoms with van der Waals surface area (Å²) in [5.41, 5.74) is 1.90. The van der Waals surface area contributed by atoms with Gasteiger partial charge in [-0.15, -0.1) is 0 Å². The van der Waals surface area contributed by atoms with Crippen molar-refractivity contribution in [1.29, 1.82) is 0 Å². The summed E-state index contributed by atoms with van der Waals surface area (Å²) < 4.78 is 26.4. The van der Waals surface area contributed by atoms with Crippen LogP contribution in [0.3, 0.4) is 0 Å². The van der Waals surface area contributed by atoms with Gasteiger partial charge in [0.25, 0.3) is 5.91 Å². The van der Waals surface area contributed by atoms with Crippen LogP contribution in [-0.2, 0) is 5.41 Å². The van der Waals surface area contributed by atoms with Gasteiger partial charge in [0.1, 0.15) is 5.82 Å². The molecule has 4 rings (SSSR count). The van der Waals surface area contributed by atoms with Gasteiger partial charge in [-0.05, 0) is 54.8 Å². The lowest BCUT2D eigenvalue weighted by atomic mass is 9.81. The van der Waals surface area contributed by atoms with Crippen LogP contribution in [0.4, 0.5) is 4.39 Å². The van der Waals surface area contributed by atoms with E-state index in [1.807, 2.05) is 22.8 Å². The Kier molecular flexibility index (Phi) is 6.91. The number of carbonyl (C=O) groups is 1. The normalized spacial score (nSPS) is 14.6. The van der Waals surface area contributed by atoms with Crippen molar-refractivity contribution >= 4 is 5.91 Å². The second-order valence-corrected chi connectivity index (χ2v) is 9.28. The molecule has 0 aliphatic heterocycles. The Balaban J connectivity index is 1.79. The lowest BCUT2D eigenvalue weighted by Gasteiger charge is -2.28. The zero-order valence-corrected chi connectivity index (χ0v) is 20.2. The Morgan fingerprint density at radius 3 is 2.35 bits per heavy atom. The number of hydrogen-bond donors (Lipinski definition) is 1. The van der Waals surface area contributed by atoms with Crippen molar-refractivity contribution in [3.05, 3.63) is 71.6 Å². The number of hydrogen-bond acceptors (Lipinski definition) is 4. The van der Waals surface area contributed by atoms with E-state index in [4.69, 9.17) is 9.47 Å². The fraction of sp³-hybridized carbons (Fsp3) is 0.407. The third-order valence-electron chi connectivity index (χ3n) is 6.74. The van der Waals surface area contributed by atoms with Gasteiger partial charge in [0, 0.05) is 17.1 Å². The maximum absolute atomic E-state index is 13.7. The second-order valence-electron chi connectivity index (χ2n) is 9.28. The van der Waals surface area contributed by atoms with Gasteiger partial charge in [-0.2, -0.15) is 0 Å².